The van der Waals surface area contributed by atoms with Crippen molar-refractivity contribution < 1.29 is 29.1 Å². The zero-order chi connectivity index (χ0) is 16.3. The van der Waals surface area contributed by atoms with Gasteiger partial charge in [-0.25, -0.2) is 0 Å². The highest BCUT2D eigenvalue weighted by atomic mass is 16.4. The summed E-state index contributed by atoms with van der Waals surface area (Å²) in [5.41, 5.74) is 0. The predicted octanol–water partition coefficient (Wildman–Crippen LogP) is -0.441. The van der Waals surface area contributed by atoms with Crippen molar-refractivity contribution in [3.8, 4) is 0 Å². The van der Waals surface area contributed by atoms with Gasteiger partial charge in [-0.2, -0.15) is 0 Å². The van der Waals surface area contributed by atoms with Gasteiger partial charge in [0.05, 0.1) is 12.5 Å². The predicted molar refractivity (Wildman–Crippen MR) is 72.5 cm³/mol. The smallest absolute Gasteiger partial charge is 0.303 e. The summed E-state index contributed by atoms with van der Waals surface area (Å²) in [7, 11) is 0. The summed E-state index contributed by atoms with van der Waals surface area (Å²) in [6.45, 7) is 0.435. The van der Waals surface area contributed by atoms with E-state index in [2.05, 4.69) is 0 Å². The standard InChI is InChI=1S/C14H18N2O6/c17-8-9-2-1-7-15(9)14(22)10-3-4-11(18)16(10)12(19)5-6-13(20)21/h8-10H,1-7H2,(H,20,21)/t9-,10-/m0/s1. The van der Waals surface area contributed by atoms with E-state index in [-0.39, 0.29) is 25.7 Å². The second kappa shape index (κ2) is 6.67. The van der Waals surface area contributed by atoms with Gasteiger partial charge in [0, 0.05) is 19.4 Å². The molecule has 0 aliphatic carbocycles. The second-order valence-electron chi connectivity index (χ2n) is 5.48. The molecule has 22 heavy (non-hydrogen) atoms. The van der Waals surface area contributed by atoms with Gasteiger partial charge in [0.15, 0.2) is 0 Å². The molecule has 0 radical (unpaired) electrons. The summed E-state index contributed by atoms with van der Waals surface area (Å²) in [5.74, 6) is -2.65. The molecule has 0 aromatic carbocycles. The highest BCUT2D eigenvalue weighted by molar-refractivity contribution is 6.03. The fourth-order valence-corrected chi connectivity index (χ4v) is 2.96. The van der Waals surface area contributed by atoms with Crippen molar-refractivity contribution in [2.75, 3.05) is 6.54 Å². The summed E-state index contributed by atoms with van der Waals surface area (Å²) in [6, 6.07) is -1.41. The van der Waals surface area contributed by atoms with E-state index in [1.54, 1.807) is 0 Å². The van der Waals surface area contributed by atoms with Crippen molar-refractivity contribution in [3.63, 3.8) is 0 Å². The maximum Gasteiger partial charge on any atom is 0.303 e. The molecule has 3 amide bonds. The van der Waals surface area contributed by atoms with E-state index in [1.165, 1.54) is 4.90 Å². The highest BCUT2D eigenvalue weighted by Crippen LogP contribution is 2.25. The topological polar surface area (TPSA) is 112 Å². The number of carboxylic acids is 1. The Morgan fingerprint density at radius 1 is 1.23 bits per heavy atom. The van der Waals surface area contributed by atoms with Crippen LogP contribution in [-0.4, -0.2) is 63.5 Å². The molecule has 0 unspecified atom stereocenters. The Balaban J connectivity index is 2.09. The minimum Gasteiger partial charge on any atom is -0.481 e. The SMILES string of the molecule is O=C[C@@H]1CCCN1C(=O)[C@@H]1CCC(=O)N1C(=O)CCC(=O)O. The number of carboxylic acid groups (broad SMARTS) is 1. The van der Waals surface area contributed by atoms with Crippen molar-refractivity contribution in [3.05, 3.63) is 0 Å². The maximum absolute atomic E-state index is 12.5. The van der Waals surface area contributed by atoms with Gasteiger partial charge in [0.25, 0.3) is 0 Å². The largest absolute Gasteiger partial charge is 0.481 e. The summed E-state index contributed by atoms with van der Waals surface area (Å²) < 4.78 is 0. The highest BCUT2D eigenvalue weighted by Gasteiger charge is 2.43. The zero-order valence-electron chi connectivity index (χ0n) is 12.1. The van der Waals surface area contributed by atoms with Crippen molar-refractivity contribution in [1.82, 2.24) is 9.80 Å². The van der Waals surface area contributed by atoms with E-state index < -0.39 is 35.8 Å². The van der Waals surface area contributed by atoms with Crippen molar-refractivity contribution in [1.29, 1.82) is 0 Å². The molecule has 8 heteroatoms. The van der Waals surface area contributed by atoms with Crippen LogP contribution in [0.25, 0.3) is 0 Å². The number of aldehydes is 1. The molecule has 8 nitrogen and oxygen atoms in total. The normalized spacial score (nSPS) is 24.6. The molecule has 2 heterocycles. The third-order valence-corrected chi connectivity index (χ3v) is 4.06. The van der Waals surface area contributed by atoms with Crippen molar-refractivity contribution in [2.24, 2.45) is 0 Å². The quantitative estimate of drug-likeness (QED) is 0.689. The van der Waals surface area contributed by atoms with Gasteiger partial charge in [-0.05, 0) is 19.3 Å². The van der Waals surface area contributed by atoms with Gasteiger partial charge < -0.3 is 14.8 Å². The van der Waals surface area contributed by atoms with Crippen LogP contribution in [0.4, 0.5) is 0 Å². The van der Waals surface area contributed by atoms with E-state index in [4.69, 9.17) is 5.11 Å². The lowest BCUT2D eigenvalue weighted by Crippen LogP contribution is -2.50. The number of nitrogens with zero attached hydrogens (tertiary/aromatic N) is 2. The lowest BCUT2D eigenvalue weighted by Gasteiger charge is -2.28. The molecule has 2 fully saturated rings. The van der Waals surface area contributed by atoms with Crippen LogP contribution in [0.5, 0.6) is 0 Å². The van der Waals surface area contributed by atoms with Crippen LogP contribution in [0.1, 0.15) is 38.5 Å². The van der Waals surface area contributed by atoms with Crippen LogP contribution >= 0.6 is 0 Å². The van der Waals surface area contributed by atoms with Gasteiger partial charge >= 0.3 is 5.97 Å². The van der Waals surface area contributed by atoms with Gasteiger partial charge in [0.2, 0.25) is 17.7 Å². The number of hydrogen-bond donors (Lipinski definition) is 1. The lowest BCUT2D eigenvalue weighted by molar-refractivity contribution is -0.152. The molecule has 2 atom stereocenters. The number of rotatable bonds is 5. The summed E-state index contributed by atoms with van der Waals surface area (Å²) in [5, 5.41) is 8.62. The van der Waals surface area contributed by atoms with E-state index in [0.29, 0.717) is 25.7 Å². The van der Waals surface area contributed by atoms with E-state index >= 15 is 0 Å². The summed E-state index contributed by atoms with van der Waals surface area (Å²) in [6.07, 6.45) is 1.60. The van der Waals surface area contributed by atoms with Crippen LogP contribution in [-0.2, 0) is 24.0 Å². The van der Waals surface area contributed by atoms with Crippen LogP contribution < -0.4 is 0 Å². The second-order valence-corrected chi connectivity index (χ2v) is 5.48. The molecule has 0 aromatic rings. The van der Waals surface area contributed by atoms with E-state index in [9.17, 15) is 24.0 Å². The van der Waals surface area contributed by atoms with Crippen molar-refractivity contribution >= 4 is 30.0 Å². The van der Waals surface area contributed by atoms with Gasteiger partial charge in [-0.1, -0.05) is 0 Å². The number of amides is 3. The molecule has 0 bridgehead atoms. The first-order valence-corrected chi connectivity index (χ1v) is 7.28. The minimum absolute atomic E-state index is 0.0782. The van der Waals surface area contributed by atoms with Crippen LogP contribution in [0, 0.1) is 0 Å². The van der Waals surface area contributed by atoms with E-state index in [1.807, 2.05) is 0 Å². The molecule has 2 aliphatic heterocycles. The lowest BCUT2D eigenvalue weighted by atomic mass is 10.1. The first-order chi connectivity index (χ1) is 10.5. The number of carbonyl (C=O) groups is 5. The third-order valence-electron chi connectivity index (χ3n) is 4.06. The molecule has 0 saturated carbocycles. The van der Waals surface area contributed by atoms with Crippen molar-refractivity contribution in [2.45, 2.75) is 50.6 Å². The number of aliphatic carboxylic acids is 1. The third kappa shape index (κ3) is 3.15. The van der Waals surface area contributed by atoms with Crippen LogP contribution in [0.15, 0.2) is 0 Å². The van der Waals surface area contributed by atoms with Gasteiger partial charge in [-0.3, -0.25) is 24.1 Å². The Labute approximate surface area is 127 Å². The molecule has 2 rings (SSSR count). The maximum atomic E-state index is 12.5. The first-order valence-electron chi connectivity index (χ1n) is 7.28. The molecule has 0 aromatic heterocycles. The minimum atomic E-state index is -1.14. The average molecular weight is 310 g/mol. The molecular weight excluding hydrogens is 292 g/mol. The van der Waals surface area contributed by atoms with Gasteiger partial charge in [0.1, 0.15) is 12.3 Å². The Hall–Kier alpha value is -2.25. The molecule has 2 saturated heterocycles. The van der Waals surface area contributed by atoms with E-state index in [0.717, 1.165) is 4.90 Å². The molecule has 0 spiro atoms. The summed E-state index contributed by atoms with van der Waals surface area (Å²) in [4.78, 5) is 60.2. The monoisotopic (exact) mass is 310 g/mol. The fourth-order valence-electron chi connectivity index (χ4n) is 2.96. The average Bonchev–Trinajstić information content (AvgIpc) is 3.10. The summed E-state index contributed by atoms with van der Waals surface area (Å²) >= 11 is 0. The molecular formula is C14H18N2O6. The first kappa shape index (κ1) is 16.1. The van der Waals surface area contributed by atoms with Crippen LogP contribution in [0.3, 0.4) is 0 Å². The molecule has 120 valence electrons. The number of carbonyl (C=O) groups excluding carboxylic acids is 4. The Bertz CT molecular complexity index is 517. The molecule has 1 N–H and O–H groups in total. The zero-order valence-corrected chi connectivity index (χ0v) is 12.1. The van der Waals surface area contributed by atoms with Crippen LogP contribution in [0.2, 0.25) is 0 Å². The Morgan fingerprint density at radius 3 is 2.59 bits per heavy atom. The number of likely N-dealkylation sites (tertiary alicyclic amines) is 2. The Morgan fingerprint density at radius 2 is 1.95 bits per heavy atom. The fraction of sp³-hybridized carbons (Fsp3) is 0.643. The van der Waals surface area contributed by atoms with Gasteiger partial charge in [-0.15, -0.1) is 0 Å². The Kier molecular flexibility index (Phi) is 4.89. The number of hydrogen-bond acceptors (Lipinski definition) is 5. The molecule has 2 aliphatic rings. The number of imide groups is 1.